The van der Waals surface area contributed by atoms with Gasteiger partial charge in [-0.25, -0.2) is 0 Å². The van der Waals surface area contributed by atoms with Gasteiger partial charge in [-0.2, -0.15) is 0 Å². The quantitative estimate of drug-likeness (QED) is 0.589. The lowest BCUT2D eigenvalue weighted by molar-refractivity contribution is 0.293. The molecule has 1 N–H and O–H groups in total. The Morgan fingerprint density at radius 2 is 1.80 bits per heavy atom. The second-order valence-electron chi connectivity index (χ2n) is 6.42. The highest BCUT2D eigenvalue weighted by Gasteiger charge is 2.14. The summed E-state index contributed by atoms with van der Waals surface area (Å²) in [5, 5.41) is 13.3. The lowest BCUT2D eigenvalue weighted by atomic mass is 10.1. The van der Waals surface area contributed by atoms with Crippen molar-refractivity contribution in [3.8, 4) is 5.75 Å². The van der Waals surface area contributed by atoms with Gasteiger partial charge in [-0.1, -0.05) is 32.0 Å². The van der Waals surface area contributed by atoms with Gasteiger partial charge in [0.15, 0.2) is 0 Å². The first-order chi connectivity index (χ1) is 12.2. The van der Waals surface area contributed by atoms with Crippen molar-refractivity contribution in [2.75, 3.05) is 19.6 Å². The summed E-state index contributed by atoms with van der Waals surface area (Å²) in [6.07, 6.45) is 1.94. The molecule has 2 aromatic heterocycles. The fourth-order valence-corrected chi connectivity index (χ4v) is 3.73. The van der Waals surface area contributed by atoms with E-state index in [1.807, 2.05) is 12.3 Å². The van der Waals surface area contributed by atoms with Gasteiger partial charge in [0.25, 0.3) is 0 Å². The van der Waals surface area contributed by atoms with Crippen molar-refractivity contribution in [3.63, 3.8) is 0 Å². The largest absolute Gasteiger partial charge is 0.508 e. The number of benzene rings is 2. The summed E-state index contributed by atoms with van der Waals surface area (Å²) in [6.45, 7) is 8.50. The summed E-state index contributed by atoms with van der Waals surface area (Å²) in [6, 6.07) is 14.0. The number of fused-ring (bicyclic) bond motifs is 5. The van der Waals surface area contributed by atoms with Crippen LogP contribution in [0.1, 0.15) is 13.8 Å². The SMILES string of the molecule is CCN(CC)CCn1c2ccccc2c2c3ccc(O)cc3ncc21. The number of hydrogen-bond acceptors (Lipinski definition) is 3. The molecule has 0 atom stereocenters. The minimum Gasteiger partial charge on any atom is -0.508 e. The third kappa shape index (κ3) is 2.63. The van der Waals surface area contributed by atoms with E-state index in [0.29, 0.717) is 0 Å². The lowest BCUT2D eigenvalue weighted by Crippen LogP contribution is -2.26. The Bertz CT molecular complexity index is 1050. The maximum atomic E-state index is 9.77. The molecule has 0 aliphatic carbocycles. The van der Waals surface area contributed by atoms with Crippen LogP contribution in [0.4, 0.5) is 0 Å². The van der Waals surface area contributed by atoms with Gasteiger partial charge in [0.2, 0.25) is 0 Å². The Hall–Kier alpha value is -2.59. The van der Waals surface area contributed by atoms with E-state index in [0.717, 1.165) is 42.6 Å². The van der Waals surface area contributed by atoms with Gasteiger partial charge in [0, 0.05) is 40.8 Å². The third-order valence-electron chi connectivity index (χ3n) is 5.12. The molecule has 2 heterocycles. The maximum Gasteiger partial charge on any atom is 0.117 e. The second kappa shape index (κ2) is 6.37. The molecule has 2 aromatic carbocycles. The van der Waals surface area contributed by atoms with E-state index in [1.54, 1.807) is 12.1 Å². The van der Waals surface area contributed by atoms with Gasteiger partial charge in [-0.15, -0.1) is 0 Å². The van der Waals surface area contributed by atoms with Crippen molar-refractivity contribution in [3.05, 3.63) is 48.7 Å². The minimum atomic E-state index is 0.254. The molecule has 0 bridgehead atoms. The summed E-state index contributed by atoms with van der Waals surface area (Å²) in [4.78, 5) is 7.04. The van der Waals surface area contributed by atoms with Gasteiger partial charge in [-0.3, -0.25) is 4.98 Å². The molecule has 0 unspecified atom stereocenters. The molecular weight excluding hydrogens is 310 g/mol. The van der Waals surface area contributed by atoms with Gasteiger partial charge < -0.3 is 14.6 Å². The number of pyridine rings is 1. The third-order valence-corrected chi connectivity index (χ3v) is 5.12. The van der Waals surface area contributed by atoms with Gasteiger partial charge in [0.1, 0.15) is 5.75 Å². The van der Waals surface area contributed by atoms with Crippen molar-refractivity contribution in [2.24, 2.45) is 0 Å². The fourth-order valence-electron chi connectivity index (χ4n) is 3.73. The van der Waals surface area contributed by atoms with Crippen LogP contribution in [0.3, 0.4) is 0 Å². The number of aromatic hydroxyl groups is 1. The topological polar surface area (TPSA) is 41.3 Å². The van der Waals surface area contributed by atoms with Crippen LogP contribution in [0.25, 0.3) is 32.7 Å². The van der Waals surface area contributed by atoms with E-state index in [1.165, 1.54) is 16.3 Å². The van der Waals surface area contributed by atoms with Crippen molar-refractivity contribution in [1.29, 1.82) is 0 Å². The Labute approximate surface area is 147 Å². The van der Waals surface area contributed by atoms with E-state index >= 15 is 0 Å². The van der Waals surface area contributed by atoms with E-state index in [4.69, 9.17) is 0 Å². The molecule has 4 heteroatoms. The number of hydrogen-bond donors (Lipinski definition) is 1. The zero-order valence-corrected chi connectivity index (χ0v) is 14.7. The molecule has 4 aromatic rings. The van der Waals surface area contributed by atoms with Crippen molar-refractivity contribution in [1.82, 2.24) is 14.5 Å². The molecule has 0 saturated heterocycles. The van der Waals surface area contributed by atoms with E-state index < -0.39 is 0 Å². The minimum absolute atomic E-state index is 0.254. The van der Waals surface area contributed by atoms with Crippen LogP contribution in [0, 0.1) is 0 Å². The molecule has 4 rings (SSSR count). The van der Waals surface area contributed by atoms with Crippen LogP contribution < -0.4 is 0 Å². The first kappa shape index (κ1) is 15.9. The van der Waals surface area contributed by atoms with Gasteiger partial charge >= 0.3 is 0 Å². The molecule has 0 radical (unpaired) electrons. The predicted molar refractivity (Wildman–Crippen MR) is 104 cm³/mol. The normalized spacial score (nSPS) is 12.0. The predicted octanol–water partition coefficient (Wildman–Crippen LogP) is 4.39. The highest BCUT2D eigenvalue weighted by Crippen LogP contribution is 2.34. The van der Waals surface area contributed by atoms with E-state index in [2.05, 4.69) is 52.6 Å². The van der Waals surface area contributed by atoms with E-state index in [9.17, 15) is 5.11 Å². The van der Waals surface area contributed by atoms with Crippen LogP contribution in [-0.4, -0.2) is 39.2 Å². The smallest absolute Gasteiger partial charge is 0.117 e. The van der Waals surface area contributed by atoms with Crippen LogP contribution >= 0.6 is 0 Å². The number of phenolic OH excluding ortho intramolecular Hbond substituents is 1. The van der Waals surface area contributed by atoms with Crippen LogP contribution in [0.2, 0.25) is 0 Å². The zero-order chi connectivity index (χ0) is 17.4. The maximum absolute atomic E-state index is 9.77. The molecule has 0 fully saturated rings. The zero-order valence-electron chi connectivity index (χ0n) is 14.7. The average Bonchev–Trinajstić information content (AvgIpc) is 2.96. The number of aromatic nitrogens is 2. The molecule has 25 heavy (non-hydrogen) atoms. The Kier molecular flexibility index (Phi) is 4.06. The lowest BCUT2D eigenvalue weighted by Gasteiger charge is -2.19. The summed E-state index contributed by atoms with van der Waals surface area (Å²) in [5.41, 5.74) is 3.23. The summed E-state index contributed by atoms with van der Waals surface area (Å²) >= 11 is 0. The van der Waals surface area contributed by atoms with Crippen LogP contribution in [0.5, 0.6) is 5.75 Å². The Morgan fingerprint density at radius 3 is 2.60 bits per heavy atom. The summed E-state index contributed by atoms with van der Waals surface area (Å²) in [5.74, 6) is 0.254. The van der Waals surface area contributed by atoms with Crippen molar-refractivity contribution < 1.29 is 5.11 Å². The average molecular weight is 333 g/mol. The van der Waals surface area contributed by atoms with Crippen molar-refractivity contribution >= 4 is 32.7 Å². The van der Waals surface area contributed by atoms with Crippen LogP contribution in [0.15, 0.2) is 48.7 Å². The van der Waals surface area contributed by atoms with Gasteiger partial charge in [0.05, 0.1) is 17.2 Å². The number of rotatable bonds is 5. The molecule has 4 nitrogen and oxygen atoms in total. The van der Waals surface area contributed by atoms with Gasteiger partial charge in [-0.05, 0) is 31.3 Å². The fraction of sp³-hybridized carbons (Fsp3) is 0.286. The highest BCUT2D eigenvalue weighted by atomic mass is 16.3. The molecule has 0 saturated carbocycles. The number of para-hydroxylation sites is 1. The molecule has 0 spiro atoms. The first-order valence-corrected chi connectivity index (χ1v) is 8.94. The van der Waals surface area contributed by atoms with E-state index in [-0.39, 0.29) is 5.75 Å². The molecule has 0 aliphatic heterocycles. The summed E-state index contributed by atoms with van der Waals surface area (Å²) in [7, 11) is 0. The second-order valence-corrected chi connectivity index (χ2v) is 6.42. The standard InChI is InChI=1S/C21H23N3O/c1-3-23(4-2)11-12-24-19-8-6-5-7-17(19)21-16-10-9-15(25)13-18(16)22-14-20(21)24/h5-10,13-14,25H,3-4,11-12H2,1-2H3. The number of likely N-dealkylation sites (N-methyl/N-ethyl adjacent to an activating group) is 1. The number of phenols is 1. The monoisotopic (exact) mass is 333 g/mol. The Morgan fingerprint density at radius 1 is 1.00 bits per heavy atom. The van der Waals surface area contributed by atoms with Crippen LogP contribution in [-0.2, 0) is 6.54 Å². The molecule has 128 valence electrons. The first-order valence-electron chi connectivity index (χ1n) is 8.94. The van der Waals surface area contributed by atoms with Crippen molar-refractivity contribution in [2.45, 2.75) is 20.4 Å². The summed E-state index contributed by atoms with van der Waals surface area (Å²) < 4.78 is 2.38. The number of nitrogens with zero attached hydrogens (tertiary/aromatic N) is 3. The Balaban J connectivity index is 1.96. The molecule has 0 aliphatic rings. The molecular formula is C21H23N3O. The molecule has 0 amide bonds. The highest BCUT2D eigenvalue weighted by molar-refractivity contribution is 6.19.